The third-order valence-corrected chi connectivity index (χ3v) is 2.84. The molecule has 0 aliphatic rings. The van der Waals surface area contributed by atoms with Gasteiger partial charge >= 0.3 is 0 Å². The predicted molar refractivity (Wildman–Crippen MR) is 57.4 cm³/mol. The molecule has 14 heavy (non-hydrogen) atoms. The maximum atomic E-state index is 12.4. The molecule has 0 saturated heterocycles. The van der Waals surface area contributed by atoms with E-state index in [1.807, 2.05) is 14.0 Å². The molecule has 0 unspecified atom stereocenters. The van der Waals surface area contributed by atoms with Crippen LogP contribution in [-0.4, -0.2) is 9.78 Å². The number of nitrogens with zero attached hydrogens (tertiary/aromatic N) is 2. The molecule has 2 nitrogen and oxygen atoms in total. The first kappa shape index (κ1) is 9.80. The molecule has 1 heterocycles. The van der Waals surface area contributed by atoms with E-state index in [1.54, 1.807) is 16.8 Å². The van der Waals surface area contributed by atoms with Crippen LogP contribution in [0, 0.1) is 6.92 Å². The van der Waals surface area contributed by atoms with E-state index in [-0.39, 0.29) is 12.1 Å². The van der Waals surface area contributed by atoms with E-state index in [0.717, 1.165) is 16.6 Å². The maximum Gasteiger partial charge on any atom is 0.0868 e. The molecule has 0 spiro atoms. The number of halogens is 2. The van der Waals surface area contributed by atoms with Crippen molar-refractivity contribution in [1.29, 1.82) is 0 Å². The Bertz CT molecular complexity index is 495. The Morgan fingerprint density at radius 3 is 2.86 bits per heavy atom. The quantitative estimate of drug-likeness (QED) is 0.746. The highest BCUT2D eigenvalue weighted by Crippen LogP contribution is 2.31. The van der Waals surface area contributed by atoms with Crippen LogP contribution in [0.1, 0.15) is 5.69 Å². The molecule has 5 heteroatoms. The van der Waals surface area contributed by atoms with Gasteiger partial charge in [0.2, 0.25) is 0 Å². The maximum absolute atomic E-state index is 12.4. The van der Waals surface area contributed by atoms with Crippen molar-refractivity contribution < 1.29 is 3.89 Å². The van der Waals surface area contributed by atoms with E-state index in [2.05, 4.69) is 5.10 Å². The van der Waals surface area contributed by atoms with Gasteiger partial charge in [0, 0.05) is 17.3 Å². The molecule has 0 aliphatic carbocycles. The standard InChI is InChI=1S/C9H8ClFN2S/c1-5-7-3-6(14-11)4-8(10)9(7)13(2)12-5/h3-4H,1-2H3. The van der Waals surface area contributed by atoms with Gasteiger partial charge in [0.05, 0.1) is 28.4 Å². The Hall–Kier alpha value is -0.740. The van der Waals surface area contributed by atoms with Gasteiger partial charge < -0.3 is 0 Å². The monoisotopic (exact) mass is 230 g/mol. The minimum Gasteiger partial charge on any atom is -0.266 e. The Labute approximate surface area is 90.3 Å². The molecule has 0 amide bonds. The zero-order valence-electron chi connectivity index (χ0n) is 7.71. The lowest BCUT2D eigenvalue weighted by Crippen LogP contribution is -1.89. The zero-order valence-corrected chi connectivity index (χ0v) is 9.29. The normalized spacial score (nSPS) is 11.1. The number of rotatable bonds is 1. The molecule has 0 radical (unpaired) electrons. The molecular formula is C9H8ClFN2S. The number of hydrogen-bond donors (Lipinski definition) is 0. The molecule has 0 saturated carbocycles. The highest BCUT2D eigenvalue weighted by atomic mass is 35.5. The second-order valence-corrected chi connectivity index (χ2v) is 4.12. The van der Waals surface area contributed by atoms with Crippen molar-refractivity contribution >= 4 is 34.7 Å². The summed E-state index contributed by atoms with van der Waals surface area (Å²) in [5.74, 6) is 0. The van der Waals surface area contributed by atoms with Gasteiger partial charge in [0.15, 0.2) is 0 Å². The van der Waals surface area contributed by atoms with E-state index < -0.39 is 0 Å². The van der Waals surface area contributed by atoms with Crippen LogP contribution in [0.2, 0.25) is 5.02 Å². The summed E-state index contributed by atoms with van der Waals surface area (Å²) in [7, 11) is 1.82. The number of fused-ring (bicyclic) bond motifs is 1. The number of aromatic nitrogens is 2. The van der Waals surface area contributed by atoms with Crippen LogP contribution in [0.3, 0.4) is 0 Å². The summed E-state index contributed by atoms with van der Waals surface area (Å²) in [4.78, 5) is 0.513. The third-order valence-electron chi connectivity index (χ3n) is 2.14. The second kappa shape index (κ2) is 3.44. The number of aryl methyl sites for hydroxylation is 2. The molecule has 0 N–H and O–H groups in total. The molecule has 2 rings (SSSR count). The van der Waals surface area contributed by atoms with Gasteiger partial charge in [0.25, 0.3) is 0 Å². The van der Waals surface area contributed by atoms with E-state index in [0.29, 0.717) is 9.92 Å². The first-order valence-electron chi connectivity index (χ1n) is 4.05. The predicted octanol–water partition coefficient (Wildman–Crippen LogP) is 3.51. The Morgan fingerprint density at radius 2 is 2.21 bits per heavy atom. The molecule has 0 atom stereocenters. The van der Waals surface area contributed by atoms with Gasteiger partial charge in [-0.15, -0.1) is 0 Å². The molecule has 0 fully saturated rings. The Morgan fingerprint density at radius 1 is 1.50 bits per heavy atom. The van der Waals surface area contributed by atoms with Crippen molar-refractivity contribution in [3.8, 4) is 0 Å². The van der Waals surface area contributed by atoms with Crippen molar-refractivity contribution in [2.75, 3.05) is 0 Å². The fraction of sp³-hybridized carbons (Fsp3) is 0.222. The van der Waals surface area contributed by atoms with E-state index in [9.17, 15) is 3.89 Å². The molecule has 1 aromatic heterocycles. The highest BCUT2D eigenvalue weighted by molar-refractivity contribution is 7.94. The second-order valence-electron chi connectivity index (χ2n) is 3.09. The lowest BCUT2D eigenvalue weighted by Gasteiger charge is -1.99. The van der Waals surface area contributed by atoms with Gasteiger partial charge in [-0.05, 0) is 19.1 Å². The van der Waals surface area contributed by atoms with Crippen LogP contribution in [0.25, 0.3) is 10.9 Å². The highest BCUT2D eigenvalue weighted by Gasteiger charge is 2.10. The molecule has 0 bridgehead atoms. The smallest absolute Gasteiger partial charge is 0.0868 e. The fourth-order valence-electron chi connectivity index (χ4n) is 1.55. The summed E-state index contributed by atoms with van der Waals surface area (Å²) in [6.07, 6.45) is 0. The molecule has 1 aromatic carbocycles. The summed E-state index contributed by atoms with van der Waals surface area (Å²) in [6, 6.07) is 3.36. The van der Waals surface area contributed by atoms with Gasteiger partial charge in [-0.3, -0.25) is 4.68 Å². The van der Waals surface area contributed by atoms with E-state index in [1.165, 1.54) is 0 Å². The lowest BCUT2D eigenvalue weighted by molar-refractivity contribution is 0.783. The Balaban J connectivity index is 2.86. The summed E-state index contributed by atoms with van der Waals surface area (Å²) in [6.45, 7) is 1.88. The summed E-state index contributed by atoms with van der Waals surface area (Å²) < 4.78 is 14.1. The third kappa shape index (κ3) is 1.38. The van der Waals surface area contributed by atoms with Gasteiger partial charge in [-0.1, -0.05) is 11.6 Å². The van der Waals surface area contributed by atoms with Crippen molar-refractivity contribution in [3.63, 3.8) is 0 Å². The van der Waals surface area contributed by atoms with Gasteiger partial charge in [0.1, 0.15) is 0 Å². The van der Waals surface area contributed by atoms with Gasteiger partial charge in [-0.2, -0.15) is 8.98 Å². The number of hydrogen-bond acceptors (Lipinski definition) is 2. The van der Waals surface area contributed by atoms with Crippen LogP contribution in [0.5, 0.6) is 0 Å². The van der Waals surface area contributed by atoms with Crippen LogP contribution < -0.4 is 0 Å². The number of benzene rings is 1. The molecule has 2 aromatic rings. The minimum atomic E-state index is 0.194. The average molecular weight is 231 g/mol. The summed E-state index contributed by atoms with van der Waals surface area (Å²) in [5, 5.41) is 5.66. The topological polar surface area (TPSA) is 17.8 Å². The molecule has 74 valence electrons. The SMILES string of the molecule is Cc1nn(C)c2c(Cl)cc(SF)cc12. The van der Waals surface area contributed by atoms with Crippen molar-refractivity contribution in [2.45, 2.75) is 11.8 Å². The minimum absolute atomic E-state index is 0.194. The summed E-state index contributed by atoms with van der Waals surface area (Å²) >= 11 is 6.21. The molecule has 0 aliphatic heterocycles. The van der Waals surface area contributed by atoms with Crippen LogP contribution in [0.4, 0.5) is 3.89 Å². The Kier molecular flexibility index (Phi) is 2.41. The zero-order chi connectivity index (χ0) is 10.3. The largest absolute Gasteiger partial charge is 0.266 e. The van der Waals surface area contributed by atoms with Crippen molar-refractivity contribution in [2.24, 2.45) is 7.05 Å². The van der Waals surface area contributed by atoms with E-state index in [4.69, 9.17) is 11.6 Å². The van der Waals surface area contributed by atoms with Crippen molar-refractivity contribution in [3.05, 3.63) is 22.8 Å². The lowest BCUT2D eigenvalue weighted by atomic mass is 10.2. The van der Waals surface area contributed by atoms with Crippen LogP contribution in [-0.2, 0) is 7.05 Å². The van der Waals surface area contributed by atoms with Crippen LogP contribution in [0.15, 0.2) is 17.0 Å². The summed E-state index contributed by atoms with van der Waals surface area (Å²) in [5.41, 5.74) is 1.71. The first-order valence-corrected chi connectivity index (χ1v) is 5.14. The van der Waals surface area contributed by atoms with E-state index >= 15 is 0 Å². The van der Waals surface area contributed by atoms with Crippen molar-refractivity contribution in [1.82, 2.24) is 9.78 Å². The molecular weight excluding hydrogens is 223 g/mol. The average Bonchev–Trinajstić information content (AvgIpc) is 2.42. The fourth-order valence-corrected chi connectivity index (χ4v) is 2.28. The van der Waals surface area contributed by atoms with Gasteiger partial charge in [-0.25, -0.2) is 0 Å². The first-order chi connectivity index (χ1) is 6.63. The van der Waals surface area contributed by atoms with Crippen LogP contribution >= 0.6 is 23.7 Å².